The van der Waals surface area contributed by atoms with Crippen LogP contribution in [0.1, 0.15) is 6.42 Å². The molecule has 1 unspecified atom stereocenters. The Balaban J connectivity index is 1.68. The summed E-state index contributed by atoms with van der Waals surface area (Å²) in [5.74, 6) is -1.42. The number of hydrogen-bond donors (Lipinski definition) is 2. The third-order valence-electron chi connectivity index (χ3n) is 5.10. The number of carbonyl (C=O) groups is 1. The molecule has 1 fully saturated rings. The van der Waals surface area contributed by atoms with Crippen molar-refractivity contribution in [2.24, 2.45) is 0 Å². The van der Waals surface area contributed by atoms with Gasteiger partial charge in [0.05, 0.1) is 24.4 Å². The number of halogens is 2. The number of nitrogens with one attached hydrogen (secondary N) is 2. The first-order chi connectivity index (χ1) is 16.4. The van der Waals surface area contributed by atoms with Crippen molar-refractivity contribution in [3.05, 3.63) is 60.4 Å². The van der Waals surface area contributed by atoms with Crippen LogP contribution in [0.3, 0.4) is 0 Å². The van der Waals surface area contributed by atoms with Gasteiger partial charge in [0.1, 0.15) is 24.0 Å². The van der Waals surface area contributed by atoms with Gasteiger partial charge >= 0.3 is 0 Å². The van der Waals surface area contributed by atoms with Crippen LogP contribution < -0.4 is 15.4 Å². The van der Waals surface area contributed by atoms with E-state index in [4.69, 9.17) is 9.47 Å². The lowest BCUT2D eigenvalue weighted by molar-refractivity contribution is -0.111. The normalized spacial score (nSPS) is 15.9. The molecular weight excluding hydrogens is 444 g/mol. The first kappa shape index (κ1) is 23.5. The maximum atomic E-state index is 13.7. The lowest BCUT2D eigenvalue weighted by Gasteiger charge is -2.17. The van der Waals surface area contributed by atoms with Crippen LogP contribution >= 0.6 is 0 Å². The standard InChI is InChI=1S/C24H25F2N5O3/c1-31(2)8-3-4-23(32)30-21-11-17-20(12-22(21)34-16-7-9-33-13-16)27-14-28-24(17)29-15-5-6-18(25)19(26)10-15/h3-6,10-12,14,16H,7-9,13H2,1-2H3,(H,30,32)(H,27,28,29)/b4-3+. The number of benzene rings is 2. The van der Waals surface area contributed by atoms with Gasteiger partial charge in [-0.05, 0) is 32.3 Å². The molecule has 10 heteroatoms. The van der Waals surface area contributed by atoms with Crippen LogP contribution in [0.4, 0.5) is 26.0 Å². The molecule has 8 nitrogen and oxygen atoms in total. The third-order valence-corrected chi connectivity index (χ3v) is 5.10. The number of likely N-dealkylation sites (N-methyl/N-ethyl adjacent to an activating group) is 1. The second-order valence-electron chi connectivity index (χ2n) is 8.10. The van der Waals surface area contributed by atoms with Crippen LogP contribution in [0.5, 0.6) is 5.75 Å². The van der Waals surface area contributed by atoms with E-state index in [-0.39, 0.29) is 12.0 Å². The number of carbonyl (C=O) groups excluding carboxylic acids is 1. The molecule has 1 aliphatic heterocycles. The highest BCUT2D eigenvalue weighted by atomic mass is 19.2. The molecule has 1 amide bonds. The first-order valence-corrected chi connectivity index (χ1v) is 10.8. The van der Waals surface area contributed by atoms with Gasteiger partial charge in [-0.3, -0.25) is 4.79 Å². The summed E-state index contributed by atoms with van der Waals surface area (Å²) in [5.41, 5.74) is 1.30. The summed E-state index contributed by atoms with van der Waals surface area (Å²) in [6, 6.07) is 6.88. The van der Waals surface area contributed by atoms with Crippen LogP contribution in [0.2, 0.25) is 0 Å². The van der Waals surface area contributed by atoms with Gasteiger partial charge in [0.25, 0.3) is 0 Å². The van der Waals surface area contributed by atoms with Crippen molar-refractivity contribution in [3.8, 4) is 5.75 Å². The highest BCUT2D eigenvalue weighted by molar-refractivity contribution is 6.03. The van der Waals surface area contributed by atoms with Crippen LogP contribution in [0.25, 0.3) is 10.9 Å². The molecule has 1 aliphatic rings. The zero-order valence-corrected chi connectivity index (χ0v) is 18.8. The van der Waals surface area contributed by atoms with Crippen LogP contribution in [0.15, 0.2) is 48.8 Å². The number of amides is 1. The van der Waals surface area contributed by atoms with Crippen molar-refractivity contribution < 1.29 is 23.0 Å². The molecule has 1 aromatic heterocycles. The number of anilines is 3. The molecule has 2 N–H and O–H groups in total. The number of fused-ring (bicyclic) bond motifs is 1. The molecule has 0 bridgehead atoms. The zero-order valence-electron chi connectivity index (χ0n) is 18.8. The average molecular weight is 469 g/mol. The maximum Gasteiger partial charge on any atom is 0.248 e. The van der Waals surface area contributed by atoms with E-state index in [1.807, 2.05) is 19.0 Å². The van der Waals surface area contributed by atoms with E-state index < -0.39 is 11.6 Å². The molecule has 34 heavy (non-hydrogen) atoms. The fraction of sp³-hybridized carbons (Fsp3) is 0.292. The number of ether oxygens (including phenoxy) is 2. The maximum absolute atomic E-state index is 13.7. The van der Waals surface area contributed by atoms with E-state index >= 15 is 0 Å². The van der Waals surface area contributed by atoms with Gasteiger partial charge in [-0.15, -0.1) is 0 Å². The zero-order chi connectivity index (χ0) is 24.1. The van der Waals surface area contributed by atoms with Gasteiger partial charge in [0, 0.05) is 42.2 Å². The molecule has 1 atom stereocenters. The van der Waals surface area contributed by atoms with Crippen LogP contribution in [0, 0.1) is 11.6 Å². The van der Waals surface area contributed by atoms with Crippen LogP contribution in [-0.4, -0.2) is 60.7 Å². The highest BCUT2D eigenvalue weighted by Gasteiger charge is 2.20. The average Bonchev–Trinajstić information content (AvgIpc) is 3.30. The number of rotatable bonds is 8. The molecule has 0 radical (unpaired) electrons. The fourth-order valence-electron chi connectivity index (χ4n) is 3.42. The molecule has 2 heterocycles. The van der Waals surface area contributed by atoms with Crippen molar-refractivity contribution in [3.63, 3.8) is 0 Å². The lowest BCUT2D eigenvalue weighted by Crippen LogP contribution is -2.18. The Morgan fingerprint density at radius 1 is 1.24 bits per heavy atom. The Morgan fingerprint density at radius 3 is 2.82 bits per heavy atom. The molecule has 3 aromatic rings. The SMILES string of the molecule is CN(C)C/C=C/C(=O)Nc1cc2c(Nc3ccc(F)c(F)c3)ncnc2cc1OC1CCOC1. The number of hydrogen-bond acceptors (Lipinski definition) is 7. The van der Waals surface area contributed by atoms with Crippen molar-refractivity contribution in [1.29, 1.82) is 0 Å². The summed E-state index contributed by atoms with van der Waals surface area (Å²) < 4.78 is 38.5. The van der Waals surface area contributed by atoms with E-state index in [0.717, 1.165) is 18.6 Å². The topological polar surface area (TPSA) is 88.6 Å². The van der Waals surface area contributed by atoms with Crippen LogP contribution in [-0.2, 0) is 9.53 Å². The molecular formula is C24H25F2N5O3. The minimum absolute atomic E-state index is 0.140. The Morgan fingerprint density at radius 2 is 2.09 bits per heavy atom. The van der Waals surface area contributed by atoms with E-state index in [1.54, 1.807) is 18.2 Å². The monoisotopic (exact) mass is 469 g/mol. The highest BCUT2D eigenvalue weighted by Crippen LogP contribution is 2.34. The summed E-state index contributed by atoms with van der Waals surface area (Å²) in [5, 5.41) is 6.40. The summed E-state index contributed by atoms with van der Waals surface area (Å²) in [4.78, 5) is 23.0. The summed E-state index contributed by atoms with van der Waals surface area (Å²) >= 11 is 0. The molecule has 0 spiro atoms. The third kappa shape index (κ3) is 5.83. The predicted molar refractivity (Wildman–Crippen MR) is 125 cm³/mol. The molecule has 2 aromatic carbocycles. The molecule has 0 saturated carbocycles. The van der Waals surface area contributed by atoms with Crippen molar-refractivity contribution in [2.45, 2.75) is 12.5 Å². The van der Waals surface area contributed by atoms with Gasteiger partial charge in [0.15, 0.2) is 11.6 Å². The predicted octanol–water partition coefficient (Wildman–Crippen LogP) is 3.88. The molecule has 0 aliphatic carbocycles. The molecule has 1 saturated heterocycles. The van der Waals surface area contributed by atoms with Gasteiger partial charge < -0.3 is 25.0 Å². The van der Waals surface area contributed by atoms with E-state index in [0.29, 0.717) is 53.6 Å². The number of aromatic nitrogens is 2. The fourth-order valence-corrected chi connectivity index (χ4v) is 3.42. The summed E-state index contributed by atoms with van der Waals surface area (Å²) in [6.07, 6.45) is 5.16. The summed E-state index contributed by atoms with van der Waals surface area (Å²) in [7, 11) is 3.81. The second kappa shape index (κ2) is 10.5. The minimum Gasteiger partial charge on any atom is -0.486 e. The van der Waals surface area contributed by atoms with E-state index in [9.17, 15) is 13.6 Å². The van der Waals surface area contributed by atoms with Gasteiger partial charge in [-0.1, -0.05) is 6.08 Å². The minimum atomic E-state index is -0.977. The Kier molecular flexibility index (Phi) is 7.29. The molecule has 4 rings (SSSR count). The van der Waals surface area contributed by atoms with E-state index in [1.165, 1.54) is 18.5 Å². The Labute approximate surface area is 195 Å². The van der Waals surface area contributed by atoms with Crippen molar-refractivity contribution in [2.75, 3.05) is 44.5 Å². The number of nitrogens with zero attached hydrogens (tertiary/aromatic N) is 3. The Bertz CT molecular complexity index is 1210. The lowest BCUT2D eigenvalue weighted by atomic mass is 10.1. The first-order valence-electron chi connectivity index (χ1n) is 10.8. The summed E-state index contributed by atoms with van der Waals surface area (Å²) in [6.45, 7) is 1.68. The smallest absolute Gasteiger partial charge is 0.248 e. The quantitative estimate of drug-likeness (QED) is 0.484. The molecule has 178 valence electrons. The Hall–Kier alpha value is -3.63. The second-order valence-corrected chi connectivity index (χ2v) is 8.10. The van der Waals surface area contributed by atoms with Gasteiger partial charge in [0.2, 0.25) is 5.91 Å². The van der Waals surface area contributed by atoms with Crippen molar-refractivity contribution >= 4 is 34.0 Å². The van der Waals surface area contributed by atoms with E-state index in [2.05, 4.69) is 20.6 Å². The van der Waals surface area contributed by atoms with Crippen molar-refractivity contribution in [1.82, 2.24) is 14.9 Å². The largest absolute Gasteiger partial charge is 0.486 e. The van der Waals surface area contributed by atoms with Gasteiger partial charge in [-0.25, -0.2) is 18.7 Å². The van der Waals surface area contributed by atoms with Gasteiger partial charge in [-0.2, -0.15) is 0 Å².